The molecule has 0 spiro atoms. The van der Waals surface area contributed by atoms with Gasteiger partial charge in [0.25, 0.3) is 0 Å². The van der Waals surface area contributed by atoms with E-state index in [0.717, 1.165) is 71.8 Å². The summed E-state index contributed by atoms with van der Waals surface area (Å²) in [5.74, 6) is 0. The minimum atomic E-state index is -2.50. The Bertz CT molecular complexity index is 3180. The summed E-state index contributed by atoms with van der Waals surface area (Å²) in [5, 5.41) is 7.07. The van der Waals surface area contributed by atoms with E-state index >= 15 is 0 Å². The topological polar surface area (TPSA) is 60.8 Å². The maximum absolute atomic E-state index is 6.07. The fourth-order valence-electron chi connectivity index (χ4n) is 8.69. The first-order chi connectivity index (χ1) is 30.6. The Morgan fingerprint density at radius 3 is 1.53 bits per heavy atom. The zero-order valence-corrected chi connectivity index (χ0v) is 39.0. The van der Waals surface area contributed by atoms with Crippen molar-refractivity contribution >= 4 is 91.1 Å². The number of hydrogen-bond acceptors (Lipinski definition) is 7. The van der Waals surface area contributed by atoms with Crippen LogP contribution in [0.15, 0.2) is 186 Å². The quantitative estimate of drug-likeness (QED) is 0.135. The summed E-state index contributed by atoms with van der Waals surface area (Å²) >= 11 is 4.30. The van der Waals surface area contributed by atoms with E-state index < -0.39 is 7.26 Å². The minimum absolute atomic E-state index is 0.559. The molecule has 1 fully saturated rings. The molecule has 9 aromatic rings. The first kappa shape index (κ1) is 40.3. The fraction of sp³-hybridized carbons (Fsp3) is 0.0755. The molecule has 1 aliphatic heterocycles. The van der Waals surface area contributed by atoms with Crippen LogP contribution in [0.4, 0.5) is 0 Å². The number of benzene rings is 7. The molecule has 301 valence electrons. The van der Waals surface area contributed by atoms with Crippen LogP contribution in [0.3, 0.4) is 0 Å². The zero-order chi connectivity index (χ0) is 42.0. The van der Waals surface area contributed by atoms with Gasteiger partial charge < -0.3 is 0 Å². The average molecular weight is 1030 g/mol. The van der Waals surface area contributed by atoms with Crippen LogP contribution in [0.2, 0.25) is 0 Å². The van der Waals surface area contributed by atoms with Crippen LogP contribution in [-0.2, 0) is 22.7 Å². The number of nitrogens with zero attached hydrogens (tertiary/aromatic N) is 4. The summed E-state index contributed by atoms with van der Waals surface area (Å²) in [5.41, 5.74) is 13.6. The number of aromatic nitrogens is 4. The van der Waals surface area contributed by atoms with Crippen LogP contribution < -0.4 is 15.9 Å². The molecule has 0 unspecified atom stereocenters. The number of hydrogen-bond donors (Lipinski definition) is 0. The molecule has 2 aromatic heterocycles. The van der Waals surface area contributed by atoms with Crippen LogP contribution in [0, 0.1) is 4.37 Å². The molecule has 0 atom stereocenters. The monoisotopic (exact) mass is 1030 g/mol. The zero-order valence-electron chi connectivity index (χ0n) is 34.0. The van der Waals surface area contributed by atoms with E-state index in [0.29, 0.717) is 13.2 Å². The van der Waals surface area contributed by atoms with Crippen molar-refractivity contribution in [3.63, 3.8) is 0 Å². The Morgan fingerprint density at radius 1 is 0.597 bits per heavy atom. The van der Waals surface area contributed by atoms with Crippen LogP contribution in [-0.4, -0.2) is 30.7 Å². The summed E-state index contributed by atoms with van der Waals surface area (Å²) in [6, 6.07) is 55.1. The Kier molecular flexibility index (Phi) is 11.4. The predicted octanol–water partition coefficient (Wildman–Crippen LogP) is 12.3. The van der Waals surface area contributed by atoms with Crippen molar-refractivity contribution in [3.05, 3.63) is 197 Å². The van der Waals surface area contributed by atoms with Crippen molar-refractivity contribution in [2.45, 2.75) is 13.8 Å². The van der Waals surface area contributed by atoms with Gasteiger partial charge in [-0.3, -0.25) is 0 Å². The molecule has 3 heterocycles. The third kappa shape index (κ3) is 7.08. The summed E-state index contributed by atoms with van der Waals surface area (Å²) < 4.78 is 29.5. The SMILES string of the molecule is CC=C1COCC1=CC(=C([C]#[Os])[P+](c1ccccc1)(c1ccccc1)c1ccccc1)c1ccc(-c2cc3c(cc(-c4ccc(/C=C/C)cc4)c4nsnc43)c3nsnc23)cc1. The molecular weight excluding hydrogens is 994 g/mol. The second-order valence-electron chi connectivity index (χ2n) is 15.1. The molecule has 0 aliphatic carbocycles. The third-order valence-corrected chi connectivity index (χ3v) is 18.1. The number of fused-ring (bicyclic) bond motifs is 5. The van der Waals surface area contributed by atoms with Gasteiger partial charge in [-0.2, -0.15) is 4.37 Å². The molecule has 5 nitrogen and oxygen atoms in total. The van der Waals surface area contributed by atoms with Gasteiger partial charge in [-0.15, -0.1) is 0 Å². The standard InChI is InChI=1S/C53H39N4OPS2.Os/c1-4-15-36-22-24-39(25-23-36)46-31-48-49(52-50(46)54-60-56-52)32-47(51-53(48)57-61-55-51)40-28-26-38(27-29-40)45(30-41-34-58-33-37(41)5-2)35(3)59(42-16-9-6-10-17-42,43-18-11-7-12-19-43)44-20-13-8-14-21-44;/h4-32H,33-34H2,1-2H3;/q+1;/b15-4+,37-5?,41-30?,45-35?;. The van der Waals surface area contributed by atoms with Crippen LogP contribution >= 0.6 is 30.7 Å². The molecule has 0 N–H and O–H groups in total. The van der Waals surface area contributed by atoms with Crippen LogP contribution in [0.5, 0.6) is 0 Å². The summed E-state index contributed by atoms with van der Waals surface area (Å²) in [6.07, 6.45) is 8.71. The first-order valence-electron chi connectivity index (χ1n) is 20.4. The Balaban J connectivity index is 1.19. The Morgan fingerprint density at radius 2 is 1.06 bits per heavy atom. The molecule has 10 rings (SSSR count). The van der Waals surface area contributed by atoms with Crippen molar-refractivity contribution < 1.29 is 22.7 Å². The van der Waals surface area contributed by atoms with E-state index in [9.17, 15) is 0 Å². The molecule has 62 heavy (non-hydrogen) atoms. The number of ether oxygens (including phenoxy) is 1. The van der Waals surface area contributed by atoms with E-state index in [1.807, 2.05) is 24.9 Å². The normalized spacial score (nSPS) is 15.0. The van der Waals surface area contributed by atoms with Crippen molar-refractivity contribution in [2.24, 2.45) is 0 Å². The number of allylic oxidation sites excluding steroid dienone is 5. The van der Waals surface area contributed by atoms with Crippen molar-refractivity contribution in [1.82, 2.24) is 17.5 Å². The molecule has 1 aliphatic rings. The van der Waals surface area contributed by atoms with Crippen molar-refractivity contribution in [1.29, 1.82) is 0 Å². The van der Waals surface area contributed by atoms with Gasteiger partial charge in [0.1, 0.15) is 0 Å². The second kappa shape index (κ2) is 17.5. The van der Waals surface area contributed by atoms with Gasteiger partial charge in [0.05, 0.1) is 11.7 Å². The fourth-order valence-corrected chi connectivity index (χ4v) is 15.7. The van der Waals surface area contributed by atoms with Gasteiger partial charge >= 0.3 is 306 Å². The summed E-state index contributed by atoms with van der Waals surface area (Å²) in [6.45, 7) is 5.30. The van der Waals surface area contributed by atoms with Crippen molar-refractivity contribution in [3.8, 4) is 26.6 Å². The van der Waals surface area contributed by atoms with Gasteiger partial charge in [0.15, 0.2) is 0 Å². The van der Waals surface area contributed by atoms with E-state index in [4.69, 9.17) is 22.2 Å². The number of rotatable bonds is 9. The average Bonchev–Trinajstić information content (AvgIpc) is 4.14. The van der Waals surface area contributed by atoms with Crippen molar-refractivity contribution in [2.75, 3.05) is 13.2 Å². The van der Waals surface area contributed by atoms with E-state index in [1.165, 1.54) is 55.8 Å². The van der Waals surface area contributed by atoms with Gasteiger partial charge in [-0.25, -0.2) is 0 Å². The van der Waals surface area contributed by atoms with Gasteiger partial charge in [-0.05, 0) is 18.1 Å². The van der Waals surface area contributed by atoms with E-state index in [2.05, 4.69) is 187 Å². The maximum atomic E-state index is 6.07. The van der Waals surface area contributed by atoms with E-state index in [1.54, 1.807) is 0 Å². The molecule has 0 radical (unpaired) electrons. The molecule has 9 heteroatoms. The molecule has 0 bridgehead atoms. The van der Waals surface area contributed by atoms with Crippen LogP contribution in [0.1, 0.15) is 25.0 Å². The van der Waals surface area contributed by atoms with Gasteiger partial charge in [-0.1, -0.05) is 36.4 Å². The second-order valence-corrected chi connectivity index (χ2v) is 20.1. The van der Waals surface area contributed by atoms with Crippen LogP contribution in [0.25, 0.3) is 66.7 Å². The first-order valence-corrected chi connectivity index (χ1v) is 24.9. The van der Waals surface area contributed by atoms with Gasteiger partial charge in [0.2, 0.25) is 0 Å². The molecule has 1 saturated heterocycles. The Labute approximate surface area is 379 Å². The molecule has 0 amide bonds. The summed E-state index contributed by atoms with van der Waals surface area (Å²) in [7, 11) is -2.50. The third-order valence-electron chi connectivity index (χ3n) is 11.7. The van der Waals surface area contributed by atoms with E-state index in [-0.39, 0.29) is 0 Å². The molecular formula is C53H39N4OOsPS2+. The summed E-state index contributed by atoms with van der Waals surface area (Å²) in [4.78, 5) is 0. The molecule has 7 aromatic carbocycles. The Hall–Kier alpha value is -5.79. The molecule has 0 saturated carbocycles. The predicted molar refractivity (Wildman–Crippen MR) is 260 cm³/mol. The van der Waals surface area contributed by atoms with Gasteiger partial charge in [0, 0.05) is 5.56 Å².